The van der Waals surface area contributed by atoms with Gasteiger partial charge in [-0.2, -0.15) is 13.2 Å². The van der Waals surface area contributed by atoms with Crippen LogP contribution >= 0.6 is 11.3 Å². The minimum atomic E-state index is -4.70. The molecule has 4 aromatic rings. The molecule has 0 aliphatic heterocycles. The van der Waals surface area contributed by atoms with E-state index in [0.29, 0.717) is 10.2 Å². The molecule has 10 heteroatoms. The van der Waals surface area contributed by atoms with E-state index in [4.69, 9.17) is 0 Å². The van der Waals surface area contributed by atoms with Crippen molar-refractivity contribution < 1.29 is 22.0 Å². The molecule has 4 nitrogen and oxygen atoms in total. The Morgan fingerprint density at radius 1 is 1.12 bits per heavy atom. The molecular formula is C16H8F5N3OS. The number of benzene rings is 1. The van der Waals surface area contributed by atoms with Crippen LogP contribution in [0.5, 0.6) is 0 Å². The average molecular weight is 385 g/mol. The van der Waals surface area contributed by atoms with Crippen molar-refractivity contribution in [3.05, 3.63) is 57.5 Å². The molecule has 1 N–H and O–H groups in total. The summed E-state index contributed by atoms with van der Waals surface area (Å²) in [6, 6.07) is 7.39. The van der Waals surface area contributed by atoms with Crippen molar-refractivity contribution in [2.24, 2.45) is 0 Å². The number of halogens is 5. The molecule has 4 rings (SSSR count). The summed E-state index contributed by atoms with van der Waals surface area (Å²) in [4.78, 5) is 17.2. The summed E-state index contributed by atoms with van der Waals surface area (Å²) in [5, 5.41) is 0.163. The lowest BCUT2D eigenvalue weighted by Crippen LogP contribution is -2.09. The van der Waals surface area contributed by atoms with E-state index in [-0.39, 0.29) is 21.6 Å². The third-order valence-corrected chi connectivity index (χ3v) is 4.70. The highest BCUT2D eigenvalue weighted by molar-refractivity contribution is 7.16. The maximum atomic E-state index is 13.5. The van der Waals surface area contributed by atoms with E-state index in [9.17, 15) is 26.7 Å². The molecular weight excluding hydrogens is 377 g/mol. The first kappa shape index (κ1) is 16.7. The van der Waals surface area contributed by atoms with Gasteiger partial charge in [-0.05, 0) is 36.4 Å². The second-order valence-corrected chi connectivity index (χ2v) is 6.52. The summed E-state index contributed by atoms with van der Waals surface area (Å²) in [6.45, 7) is 0. The molecule has 0 atom stereocenters. The van der Waals surface area contributed by atoms with Gasteiger partial charge in [-0.3, -0.25) is 9.36 Å². The molecule has 0 amide bonds. The third-order valence-electron chi connectivity index (χ3n) is 3.86. The van der Waals surface area contributed by atoms with Gasteiger partial charge in [-0.25, -0.2) is 13.8 Å². The van der Waals surface area contributed by atoms with E-state index >= 15 is 0 Å². The van der Waals surface area contributed by atoms with Crippen molar-refractivity contribution in [1.29, 1.82) is 0 Å². The monoisotopic (exact) mass is 385 g/mol. The van der Waals surface area contributed by atoms with Crippen LogP contribution in [-0.2, 0) is 6.18 Å². The van der Waals surface area contributed by atoms with Crippen LogP contribution in [0.1, 0.15) is 17.8 Å². The molecule has 3 aromatic heterocycles. The number of fused-ring (bicyclic) bond motifs is 2. The fourth-order valence-electron chi connectivity index (χ4n) is 2.76. The molecule has 0 aliphatic carbocycles. The van der Waals surface area contributed by atoms with Crippen LogP contribution in [0.3, 0.4) is 0 Å². The van der Waals surface area contributed by atoms with Gasteiger partial charge in [0.2, 0.25) is 0 Å². The number of pyridine rings is 1. The summed E-state index contributed by atoms with van der Waals surface area (Å²) in [5.74, 6) is 0. The average Bonchev–Trinajstić information content (AvgIpc) is 3.11. The van der Waals surface area contributed by atoms with Crippen molar-refractivity contribution in [3.63, 3.8) is 0 Å². The Morgan fingerprint density at radius 2 is 1.88 bits per heavy atom. The van der Waals surface area contributed by atoms with Crippen LogP contribution in [0.2, 0.25) is 0 Å². The standard InChI is InChI=1S/C16H8F5N3OS/c17-13(18)10-5-7-1-4-12(16(19,20)21)23-14(7)24(10)8-2-3-9-11(6-8)26-15(25)22-9/h1-6,13H,(H,22,25). The van der Waals surface area contributed by atoms with Gasteiger partial charge in [-0.15, -0.1) is 0 Å². The smallest absolute Gasteiger partial charge is 0.312 e. The second-order valence-electron chi connectivity index (χ2n) is 5.51. The number of thiazole rings is 1. The number of aromatic nitrogens is 3. The quantitative estimate of drug-likeness (QED) is 0.500. The first-order chi connectivity index (χ1) is 12.2. The van der Waals surface area contributed by atoms with Crippen molar-refractivity contribution in [2.45, 2.75) is 12.6 Å². The van der Waals surface area contributed by atoms with Gasteiger partial charge in [-0.1, -0.05) is 11.3 Å². The van der Waals surface area contributed by atoms with E-state index in [1.807, 2.05) is 0 Å². The Hall–Kier alpha value is -2.75. The number of hydrogen-bond donors (Lipinski definition) is 1. The summed E-state index contributed by atoms with van der Waals surface area (Å²) in [7, 11) is 0. The number of nitrogens with zero attached hydrogens (tertiary/aromatic N) is 2. The van der Waals surface area contributed by atoms with E-state index in [2.05, 4.69) is 9.97 Å². The fourth-order valence-corrected chi connectivity index (χ4v) is 3.53. The number of hydrogen-bond acceptors (Lipinski definition) is 3. The molecule has 3 heterocycles. The van der Waals surface area contributed by atoms with Crippen molar-refractivity contribution in [2.75, 3.05) is 0 Å². The van der Waals surface area contributed by atoms with Gasteiger partial charge in [0.05, 0.1) is 15.9 Å². The highest BCUT2D eigenvalue weighted by Gasteiger charge is 2.33. The Kier molecular flexibility index (Phi) is 3.62. The summed E-state index contributed by atoms with van der Waals surface area (Å²) >= 11 is 0.878. The highest BCUT2D eigenvalue weighted by atomic mass is 32.1. The Morgan fingerprint density at radius 3 is 2.58 bits per heavy atom. The number of alkyl halides is 5. The first-order valence-electron chi connectivity index (χ1n) is 7.25. The SMILES string of the molecule is O=c1[nH]c2ccc(-n3c(C(F)F)cc4ccc(C(F)(F)F)nc43)cc2s1. The fraction of sp³-hybridized carbons (Fsp3) is 0.125. The van der Waals surface area contributed by atoms with Crippen molar-refractivity contribution in [1.82, 2.24) is 14.5 Å². The topological polar surface area (TPSA) is 50.7 Å². The lowest BCUT2D eigenvalue weighted by atomic mass is 10.2. The number of rotatable bonds is 2. The zero-order valence-electron chi connectivity index (χ0n) is 12.6. The Balaban J connectivity index is 2.03. The van der Waals surface area contributed by atoms with Crippen LogP contribution in [-0.4, -0.2) is 14.5 Å². The lowest BCUT2D eigenvalue weighted by Gasteiger charge is -2.11. The molecule has 0 bridgehead atoms. The summed E-state index contributed by atoms with van der Waals surface area (Å²) in [6.07, 6.45) is -7.61. The van der Waals surface area contributed by atoms with E-state index in [1.165, 1.54) is 18.2 Å². The molecule has 0 unspecified atom stereocenters. The minimum absolute atomic E-state index is 0.163. The van der Waals surface area contributed by atoms with Gasteiger partial charge in [0.15, 0.2) is 0 Å². The lowest BCUT2D eigenvalue weighted by molar-refractivity contribution is -0.141. The van der Waals surface area contributed by atoms with Crippen LogP contribution in [0.25, 0.3) is 26.9 Å². The first-order valence-corrected chi connectivity index (χ1v) is 8.07. The van der Waals surface area contributed by atoms with Crippen LogP contribution < -0.4 is 4.87 Å². The van der Waals surface area contributed by atoms with Gasteiger partial charge >= 0.3 is 11.0 Å². The molecule has 134 valence electrons. The molecule has 0 saturated heterocycles. The van der Waals surface area contributed by atoms with Crippen molar-refractivity contribution >= 4 is 32.6 Å². The molecule has 0 fully saturated rings. The maximum Gasteiger partial charge on any atom is 0.433 e. The second kappa shape index (κ2) is 5.63. The van der Waals surface area contributed by atoms with Crippen LogP contribution in [0.4, 0.5) is 22.0 Å². The predicted octanol–water partition coefficient (Wildman–Crippen LogP) is 4.88. The normalized spacial score (nSPS) is 12.5. The molecule has 0 radical (unpaired) electrons. The van der Waals surface area contributed by atoms with Crippen molar-refractivity contribution in [3.8, 4) is 5.69 Å². The van der Waals surface area contributed by atoms with Gasteiger partial charge < -0.3 is 4.98 Å². The summed E-state index contributed by atoms with van der Waals surface area (Å²) < 4.78 is 67.4. The Bertz CT molecular complexity index is 1190. The highest BCUT2D eigenvalue weighted by Crippen LogP contribution is 2.34. The van der Waals surface area contributed by atoms with Crippen LogP contribution in [0.15, 0.2) is 41.2 Å². The van der Waals surface area contributed by atoms with E-state index in [1.54, 1.807) is 0 Å². The van der Waals surface area contributed by atoms with Gasteiger partial charge in [0.25, 0.3) is 6.43 Å². The molecule has 0 spiro atoms. The molecule has 0 aliphatic rings. The minimum Gasteiger partial charge on any atom is -0.312 e. The predicted molar refractivity (Wildman–Crippen MR) is 87.0 cm³/mol. The number of aromatic amines is 1. The largest absolute Gasteiger partial charge is 0.433 e. The zero-order chi connectivity index (χ0) is 18.6. The molecule has 1 aromatic carbocycles. The maximum absolute atomic E-state index is 13.5. The van der Waals surface area contributed by atoms with E-state index in [0.717, 1.165) is 34.1 Å². The number of nitrogens with one attached hydrogen (secondary N) is 1. The molecule has 26 heavy (non-hydrogen) atoms. The zero-order valence-corrected chi connectivity index (χ0v) is 13.5. The third kappa shape index (κ3) is 2.66. The molecule has 0 saturated carbocycles. The Labute approximate surface area is 145 Å². The van der Waals surface area contributed by atoms with E-state index < -0.39 is 24.0 Å². The van der Waals surface area contributed by atoms with Crippen LogP contribution in [0, 0.1) is 0 Å². The number of H-pyrrole nitrogens is 1. The van der Waals surface area contributed by atoms with Gasteiger partial charge in [0.1, 0.15) is 11.3 Å². The van der Waals surface area contributed by atoms with Gasteiger partial charge in [0, 0.05) is 11.1 Å². The summed E-state index contributed by atoms with van der Waals surface area (Å²) in [5.41, 5.74) is -1.16.